The largest absolute Gasteiger partial charge is 0.466 e. The minimum absolute atomic E-state index is 0.249. The number of allylic oxidation sites excluding steroid dienone is 3. The summed E-state index contributed by atoms with van der Waals surface area (Å²) in [4.78, 5) is 11.2. The second-order valence-electron chi connectivity index (χ2n) is 5.80. The van der Waals surface area contributed by atoms with Crippen LogP contribution >= 0.6 is 0 Å². The van der Waals surface area contributed by atoms with Crippen LogP contribution in [0.5, 0.6) is 0 Å². The molecule has 0 aromatic rings. The number of ether oxygens (including phenoxy) is 1. The molecule has 0 heterocycles. The minimum Gasteiger partial charge on any atom is -0.466 e. The van der Waals surface area contributed by atoms with Crippen molar-refractivity contribution in [1.82, 2.24) is 0 Å². The number of esters is 1. The van der Waals surface area contributed by atoms with Crippen molar-refractivity contribution < 1.29 is 9.53 Å². The van der Waals surface area contributed by atoms with Crippen LogP contribution in [0.25, 0.3) is 0 Å². The van der Waals surface area contributed by atoms with Crippen LogP contribution in [0.3, 0.4) is 0 Å². The van der Waals surface area contributed by atoms with Gasteiger partial charge in [-0.05, 0) is 50.9 Å². The number of methoxy groups -OCH3 is 1. The molecule has 0 saturated carbocycles. The van der Waals surface area contributed by atoms with Gasteiger partial charge in [-0.2, -0.15) is 0 Å². The molecule has 2 unspecified atom stereocenters. The van der Waals surface area contributed by atoms with E-state index < -0.39 is 0 Å². The lowest BCUT2D eigenvalue weighted by Gasteiger charge is -2.40. The van der Waals surface area contributed by atoms with Crippen LogP contribution in [0.2, 0.25) is 0 Å². The number of hydrogen-bond donors (Lipinski definition) is 0. The van der Waals surface area contributed by atoms with E-state index >= 15 is 0 Å². The van der Waals surface area contributed by atoms with Gasteiger partial charge in [0.1, 0.15) is 0 Å². The monoisotopic (exact) mass is 250 g/mol. The van der Waals surface area contributed by atoms with Gasteiger partial charge in [0.25, 0.3) is 0 Å². The van der Waals surface area contributed by atoms with Crippen molar-refractivity contribution in [2.75, 3.05) is 7.11 Å². The summed E-state index contributed by atoms with van der Waals surface area (Å²) in [5, 5.41) is 0. The van der Waals surface area contributed by atoms with Crippen molar-refractivity contribution in [3.05, 3.63) is 23.3 Å². The Morgan fingerprint density at radius 3 is 2.83 bits per heavy atom. The highest BCUT2D eigenvalue weighted by atomic mass is 16.5. The fourth-order valence-corrected chi connectivity index (χ4v) is 2.72. The molecule has 0 saturated heterocycles. The molecular formula is C16H26O2. The predicted octanol–water partition coefficient (Wildman–Crippen LogP) is 4.27. The van der Waals surface area contributed by atoms with E-state index in [0.29, 0.717) is 5.92 Å². The molecule has 1 rings (SSSR count). The van der Waals surface area contributed by atoms with Crippen molar-refractivity contribution in [3.8, 4) is 0 Å². The van der Waals surface area contributed by atoms with Crippen LogP contribution in [0, 0.1) is 11.3 Å². The van der Waals surface area contributed by atoms with E-state index in [4.69, 9.17) is 0 Å². The summed E-state index contributed by atoms with van der Waals surface area (Å²) in [6.45, 7) is 8.95. The molecule has 0 aromatic carbocycles. The molecule has 1 aliphatic carbocycles. The number of hydrogen-bond acceptors (Lipinski definition) is 2. The third kappa shape index (κ3) is 3.47. The van der Waals surface area contributed by atoms with Gasteiger partial charge in [0, 0.05) is 6.08 Å². The smallest absolute Gasteiger partial charge is 0.330 e. The maximum atomic E-state index is 11.2. The van der Waals surface area contributed by atoms with Crippen molar-refractivity contribution in [1.29, 1.82) is 0 Å². The highest BCUT2D eigenvalue weighted by Crippen LogP contribution is 2.45. The van der Waals surface area contributed by atoms with Crippen LogP contribution in [0.1, 0.15) is 53.4 Å². The Labute approximate surface area is 111 Å². The summed E-state index contributed by atoms with van der Waals surface area (Å²) < 4.78 is 4.65. The van der Waals surface area contributed by atoms with Crippen molar-refractivity contribution in [2.24, 2.45) is 11.3 Å². The molecular weight excluding hydrogens is 224 g/mol. The summed E-state index contributed by atoms with van der Waals surface area (Å²) in [5.74, 6) is 0.468. The molecule has 0 amide bonds. The summed E-state index contributed by atoms with van der Waals surface area (Å²) in [6.07, 6.45) is 8.53. The van der Waals surface area contributed by atoms with Gasteiger partial charge in [-0.3, -0.25) is 0 Å². The van der Waals surface area contributed by atoms with Crippen molar-refractivity contribution in [2.45, 2.75) is 53.4 Å². The molecule has 18 heavy (non-hydrogen) atoms. The highest BCUT2D eigenvalue weighted by molar-refractivity contribution is 5.82. The first-order valence-corrected chi connectivity index (χ1v) is 6.82. The van der Waals surface area contributed by atoms with E-state index in [-0.39, 0.29) is 11.4 Å². The molecule has 0 spiro atoms. The van der Waals surface area contributed by atoms with Gasteiger partial charge in [-0.1, -0.05) is 31.1 Å². The molecule has 0 radical (unpaired) electrons. The molecule has 2 nitrogen and oxygen atoms in total. The average molecular weight is 250 g/mol. The number of carbonyl (C=O) groups is 1. The van der Waals surface area contributed by atoms with E-state index in [1.807, 2.05) is 6.92 Å². The average Bonchev–Trinajstić information content (AvgIpc) is 2.33. The van der Waals surface area contributed by atoms with Gasteiger partial charge in [-0.15, -0.1) is 0 Å². The zero-order chi connectivity index (χ0) is 13.8. The second kappa shape index (κ2) is 6.21. The first-order valence-electron chi connectivity index (χ1n) is 6.82. The zero-order valence-electron chi connectivity index (χ0n) is 12.4. The van der Waals surface area contributed by atoms with Gasteiger partial charge in [-0.25, -0.2) is 4.79 Å². The maximum Gasteiger partial charge on any atom is 0.330 e. The van der Waals surface area contributed by atoms with Crippen molar-refractivity contribution >= 4 is 5.97 Å². The molecule has 102 valence electrons. The fraction of sp³-hybridized carbons (Fsp3) is 0.688. The second-order valence-corrected chi connectivity index (χ2v) is 5.80. The van der Waals surface area contributed by atoms with Gasteiger partial charge >= 0.3 is 5.97 Å². The Balaban J connectivity index is 2.66. The standard InChI is InChI=1S/C16H26O2/c1-12(11-15(17)18-5)9-10-16(4)13(2)7-6-8-14(16)3/h7,11,14H,6,8-10H2,1-5H3. The Hall–Kier alpha value is -1.05. The molecule has 0 aromatic heterocycles. The summed E-state index contributed by atoms with van der Waals surface area (Å²) in [5.41, 5.74) is 2.89. The first kappa shape index (κ1) is 15.0. The third-order valence-corrected chi connectivity index (χ3v) is 4.64. The van der Waals surface area contributed by atoms with Gasteiger partial charge < -0.3 is 4.74 Å². The molecule has 0 bridgehead atoms. The minimum atomic E-state index is -0.249. The lowest BCUT2D eigenvalue weighted by Crippen LogP contribution is -2.29. The summed E-state index contributed by atoms with van der Waals surface area (Å²) in [6, 6.07) is 0. The van der Waals surface area contributed by atoms with E-state index in [0.717, 1.165) is 18.4 Å². The number of carbonyl (C=O) groups excluding carboxylic acids is 1. The van der Waals surface area contributed by atoms with Crippen LogP contribution in [-0.2, 0) is 9.53 Å². The van der Waals surface area contributed by atoms with E-state index in [1.165, 1.54) is 25.5 Å². The lowest BCUT2D eigenvalue weighted by atomic mass is 9.65. The quantitative estimate of drug-likeness (QED) is 0.423. The molecule has 1 aliphatic rings. The summed E-state index contributed by atoms with van der Waals surface area (Å²) >= 11 is 0. The Bertz CT molecular complexity index is 365. The Morgan fingerprint density at radius 1 is 1.61 bits per heavy atom. The molecule has 2 heteroatoms. The van der Waals surface area contributed by atoms with Gasteiger partial charge in [0.05, 0.1) is 7.11 Å². The first-order chi connectivity index (χ1) is 8.40. The normalized spacial score (nSPS) is 28.8. The van der Waals surface area contributed by atoms with Crippen LogP contribution in [-0.4, -0.2) is 13.1 Å². The fourth-order valence-electron chi connectivity index (χ4n) is 2.72. The molecule has 0 aliphatic heterocycles. The molecule has 0 N–H and O–H groups in total. The van der Waals surface area contributed by atoms with E-state index in [9.17, 15) is 4.79 Å². The third-order valence-electron chi connectivity index (χ3n) is 4.64. The van der Waals surface area contributed by atoms with Gasteiger partial charge in [0.2, 0.25) is 0 Å². The van der Waals surface area contributed by atoms with E-state index in [1.54, 1.807) is 6.08 Å². The van der Waals surface area contributed by atoms with Crippen LogP contribution in [0.15, 0.2) is 23.3 Å². The predicted molar refractivity (Wildman–Crippen MR) is 75.3 cm³/mol. The molecule has 2 atom stereocenters. The Kier molecular flexibility index (Phi) is 5.18. The summed E-state index contributed by atoms with van der Waals surface area (Å²) in [7, 11) is 1.42. The molecule has 0 fully saturated rings. The van der Waals surface area contributed by atoms with Crippen molar-refractivity contribution in [3.63, 3.8) is 0 Å². The zero-order valence-corrected chi connectivity index (χ0v) is 12.4. The van der Waals surface area contributed by atoms with Crippen LogP contribution < -0.4 is 0 Å². The van der Waals surface area contributed by atoms with Gasteiger partial charge in [0.15, 0.2) is 0 Å². The van der Waals surface area contributed by atoms with Crippen LogP contribution in [0.4, 0.5) is 0 Å². The highest BCUT2D eigenvalue weighted by Gasteiger charge is 2.34. The van der Waals surface area contributed by atoms with E-state index in [2.05, 4.69) is 31.6 Å². The SMILES string of the molecule is COC(=O)C=C(C)CCC1(C)C(C)=CCCC1C. The lowest BCUT2D eigenvalue weighted by molar-refractivity contribution is -0.134. The number of rotatable bonds is 4. The Morgan fingerprint density at radius 2 is 2.28 bits per heavy atom. The maximum absolute atomic E-state index is 11.2. The topological polar surface area (TPSA) is 26.3 Å².